The summed E-state index contributed by atoms with van der Waals surface area (Å²) in [6.07, 6.45) is 5.18. The van der Waals surface area contributed by atoms with Crippen LogP contribution in [0.3, 0.4) is 0 Å². The quantitative estimate of drug-likeness (QED) is 0.624. The van der Waals surface area contributed by atoms with Crippen LogP contribution in [-0.4, -0.2) is 13.1 Å². The van der Waals surface area contributed by atoms with E-state index in [0.717, 1.165) is 0 Å². The van der Waals surface area contributed by atoms with E-state index in [1.807, 2.05) is 0 Å². The monoisotopic (exact) mass is 213 g/mol. The third-order valence-corrected chi connectivity index (χ3v) is 2.69. The van der Waals surface area contributed by atoms with Crippen molar-refractivity contribution in [2.45, 2.75) is 67.2 Å². The van der Waals surface area contributed by atoms with Crippen LogP contribution in [0, 0.1) is 10.8 Å². The van der Waals surface area contributed by atoms with Gasteiger partial charge < -0.3 is 5.32 Å². The Kier molecular flexibility index (Phi) is 6.51. The van der Waals surface area contributed by atoms with E-state index in [2.05, 4.69) is 46.9 Å². The molecule has 0 bridgehead atoms. The van der Waals surface area contributed by atoms with Gasteiger partial charge in [-0.25, -0.2) is 0 Å². The first kappa shape index (κ1) is 15.0. The molecule has 0 aliphatic carbocycles. The summed E-state index contributed by atoms with van der Waals surface area (Å²) in [5.74, 6) is 0. The van der Waals surface area contributed by atoms with Gasteiger partial charge in [-0.3, -0.25) is 0 Å². The second-order valence-corrected chi connectivity index (χ2v) is 6.76. The molecule has 1 heteroatoms. The Balaban J connectivity index is 3.65. The van der Waals surface area contributed by atoms with E-state index in [0.29, 0.717) is 10.8 Å². The average Bonchev–Trinajstić information content (AvgIpc) is 1.99. The van der Waals surface area contributed by atoms with Crippen molar-refractivity contribution in [1.82, 2.24) is 5.32 Å². The largest absolute Gasteiger partial charge is 0.317 e. The molecule has 0 amide bonds. The molecule has 1 N–H and O–H groups in total. The number of rotatable bonds is 7. The van der Waals surface area contributed by atoms with Crippen molar-refractivity contribution >= 4 is 0 Å². The van der Waals surface area contributed by atoms with E-state index in [1.165, 1.54) is 38.8 Å². The summed E-state index contributed by atoms with van der Waals surface area (Å²) in [6.45, 7) is 16.4. The first-order valence-electron chi connectivity index (χ1n) is 6.47. The number of unbranched alkanes of at least 4 members (excludes halogenated alkanes) is 1. The maximum absolute atomic E-state index is 3.53. The Labute approximate surface area is 97.0 Å². The van der Waals surface area contributed by atoms with Crippen molar-refractivity contribution in [1.29, 1.82) is 0 Å². The molecule has 0 atom stereocenters. The molecule has 0 heterocycles. The standard InChI is InChI=1S/C14H31N/c1-7-8-10-15-11-9-14(5,6)12-13(2,3)4/h15H,7-12H2,1-6H3. The third-order valence-electron chi connectivity index (χ3n) is 2.69. The Hall–Kier alpha value is -0.0400. The summed E-state index contributed by atoms with van der Waals surface area (Å²) in [5, 5.41) is 3.53. The number of hydrogen-bond acceptors (Lipinski definition) is 1. The smallest absolute Gasteiger partial charge is 0.00438 e. The lowest BCUT2D eigenvalue weighted by Gasteiger charge is -2.32. The van der Waals surface area contributed by atoms with E-state index in [9.17, 15) is 0 Å². The summed E-state index contributed by atoms with van der Waals surface area (Å²) in [4.78, 5) is 0. The van der Waals surface area contributed by atoms with Gasteiger partial charge in [0.05, 0.1) is 0 Å². The molecule has 0 rings (SSSR count). The van der Waals surface area contributed by atoms with Crippen LogP contribution in [-0.2, 0) is 0 Å². The fraction of sp³-hybridized carbons (Fsp3) is 1.00. The van der Waals surface area contributed by atoms with Gasteiger partial charge in [0.15, 0.2) is 0 Å². The summed E-state index contributed by atoms with van der Waals surface area (Å²) < 4.78 is 0. The first-order valence-corrected chi connectivity index (χ1v) is 6.47. The highest BCUT2D eigenvalue weighted by molar-refractivity contribution is 4.76. The highest BCUT2D eigenvalue weighted by Gasteiger charge is 2.24. The van der Waals surface area contributed by atoms with Crippen molar-refractivity contribution in [2.75, 3.05) is 13.1 Å². The minimum atomic E-state index is 0.451. The summed E-state index contributed by atoms with van der Waals surface area (Å²) >= 11 is 0. The second kappa shape index (κ2) is 6.52. The predicted octanol–water partition coefficient (Wildman–Crippen LogP) is 4.23. The molecule has 0 aromatic carbocycles. The van der Waals surface area contributed by atoms with Crippen LogP contribution < -0.4 is 5.32 Å². The molecule has 1 nitrogen and oxygen atoms in total. The first-order chi connectivity index (χ1) is 6.77. The van der Waals surface area contributed by atoms with E-state index < -0.39 is 0 Å². The minimum absolute atomic E-state index is 0.451. The SMILES string of the molecule is CCCCNCCC(C)(C)CC(C)(C)C. The highest BCUT2D eigenvalue weighted by Crippen LogP contribution is 2.35. The molecule has 0 fully saturated rings. The van der Waals surface area contributed by atoms with Crippen molar-refractivity contribution in [3.63, 3.8) is 0 Å². The van der Waals surface area contributed by atoms with Crippen molar-refractivity contribution in [3.8, 4) is 0 Å². The average molecular weight is 213 g/mol. The van der Waals surface area contributed by atoms with Gasteiger partial charge in [-0.15, -0.1) is 0 Å². The van der Waals surface area contributed by atoms with E-state index in [4.69, 9.17) is 0 Å². The Bertz CT molecular complexity index is 153. The zero-order valence-electron chi connectivity index (χ0n) is 11.7. The van der Waals surface area contributed by atoms with Gasteiger partial charge in [-0.05, 0) is 43.2 Å². The molecule has 0 saturated carbocycles. The lowest BCUT2D eigenvalue weighted by Crippen LogP contribution is -2.26. The highest BCUT2D eigenvalue weighted by atomic mass is 14.8. The topological polar surface area (TPSA) is 12.0 Å². The van der Waals surface area contributed by atoms with Gasteiger partial charge in [0.25, 0.3) is 0 Å². The number of hydrogen-bond donors (Lipinski definition) is 1. The summed E-state index contributed by atoms with van der Waals surface area (Å²) in [5.41, 5.74) is 0.921. The van der Waals surface area contributed by atoms with Crippen molar-refractivity contribution in [3.05, 3.63) is 0 Å². The number of nitrogens with one attached hydrogen (secondary N) is 1. The van der Waals surface area contributed by atoms with Crippen LogP contribution >= 0.6 is 0 Å². The molecule has 92 valence electrons. The fourth-order valence-corrected chi connectivity index (χ4v) is 2.38. The molecule has 0 saturated heterocycles. The Morgan fingerprint density at radius 3 is 2.00 bits per heavy atom. The van der Waals surface area contributed by atoms with Gasteiger partial charge in [0, 0.05) is 0 Å². The van der Waals surface area contributed by atoms with Crippen molar-refractivity contribution in [2.24, 2.45) is 10.8 Å². The molecule has 0 aliphatic heterocycles. The van der Waals surface area contributed by atoms with Crippen LogP contribution in [0.5, 0.6) is 0 Å². The Morgan fingerprint density at radius 1 is 0.933 bits per heavy atom. The third kappa shape index (κ3) is 10.2. The maximum Gasteiger partial charge on any atom is -0.00438 e. The molecule has 0 aromatic rings. The molecule has 0 aromatic heterocycles. The minimum Gasteiger partial charge on any atom is -0.317 e. The van der Waals surface area contributed by atoms with Gasteiger partial charge in [-0.2, -0.15) is 0 Å². The van der Waals surface area contributed by atoms with E-state index >= 15 is 0 Å². The summed E-state index contributed by atoms with van der Waals surface area (Å²) in [7, 11) is 0. The zero-order valence-corrected chi connectivity index (χ0v) is 11.7. The maximum atomic E-state index is 3.53. The van der Waals surface area contributed by atoms with E-state index in [-0.39, 0.29) is 0 Å². The summed E-state index contributed by atoms with van der Waals surface area (Å²) in [6, 6.07) is 0. The van der Waals surface area contributed by atoms with Crippen LogP contribution in [0.2, 0.25) is 0 Å². The van der Waals surface area contributed by atoms with Crippen LogP contribution in [0.1, 0.15) is 67.2 Å². The Morgan fingerprint density at radius 2 is 1.53 bits per heavy atom. The zero-order chi connectivity index (χ0) is 11.9. The predicted molar refractivity (Wildman–Crippen MR) is 70.2 cm³/mol. The fourth-order valence-electron chi connectivity index (χ4n) is 2.38. The molecule has 15 heavy (non-hydrogen) atoms. The lowest BCUT2D eigenvalue weighted by molar-refractivity contribution is 0.198. The van der Waals surface area contributed by atoms with Crippen LogP contribution in [0.15, 0.2) is 0 Å². The lowest BCUT2D eigenvalue weighted by atomic mass is 9.74. The van der Waals surface area contributed by atoms with Crippen LogP contribution in [0.4, 0.5) is 0 Å². The normalized spacial score (nSPS) is 13.2. The van der Waals surface area contributed by atoms with Gasteiger partial charge >= 0.3 is 0 Å². The van der Waals surface area contributed by atoms with E-state index in [1.54, 1.807) is 0 Å². The second-order valence-electron chi connectivity index (χ2n) is 6.76. The van der Waals surface area contributed by atoms with Crippen LogP contribution in [0.25, 0.3) is 0 Å². The molecule has 0 aliphatic rings. The molecule has 0 spiro atoms. The molecular weight excluding hydrogens is 182 g/mol. The molecule has 0 unspecified atom stereocenters. The molecule has 0 radical (unpaired) electrons. The van der Waals surface area contributed by atoms with Crippen molar-refractivity contribution < 1.29 is 0 Å². The van der Waals surface area contributed by atoms with Gasteiger partial charge in [0.2, 0.25) is 0 Å². The van der Waals surface area contributed by atoms with Gasteiger partial charge in [-0.1, -0.05) is 48.0 Å². The van der Waals surface area contributed by atoms with Gasteiger partial charge in [0.1, 0.15) is 0 Å². The molecular formula is C14H31N.